The second-order valence-corrected chi connectivity index (χ2v) is 2.98. The van der Waals surface area contributed by atoms with Gasteiger partial charge in [-0.05, 0) is 20.4 Å². The molecular formula is C8H16N4. The van der Waals surface area contributed by atoms with Crippen molar-refractivity contribution in [3.63, 3.8) is 0 Å². The second kappa shape index (κ2) is 4.21. The van der Waals surface area contributed by atoms with E-state index in [4.69, 9.17) is 0 Å². The van der Waals surface area contributed by atoms with Crippen molar-refractivity contribution < 1.29 is 0 Å². The lowest BCUT2D eigenvalue weighted by Gasteiger charge is -2.05. The number of nitrogens with one attached hydrogen (secondary N) is 1. The smallest absolute Gasteiger partial charge is 0.0964 e. The molecule has 0 aliphatic carbocycles. The van der Waals surface area contributed by atoms with Gasteiger partial charge in [-0.15, -0.1) is 5.10 Å². The van der Waals surface area contributed by atoms with Crippen LogP contribution in [0.25, 0.3) is 0 Å². The quantitative estimate of drug-likeness (QED) is 0.728. The van der Waals surface area contributed by atoms with E-state index >= 15 is 0 Å². The molecule has 12 heavy (non-hydrogen) atoms. The van der Waals surface area contributed by atoms with Gasteiger partial charge in [-0.1, -0.05) is 12.1 Å². The first-order valence-corrected chi connectivity index (χ1v) is 4.33. The van der Waals surface area contributed by atoms with Crippen molar-refractivity contribution >= 4 is 0 Å². The zero-order chi connectivity index (χ0) is 8.97. The highest BCUT2D eigenvalue weighted by Gasteiger charge is 2.04. The average Bonchev–Trinajstić information content (AvgIpc) is 2.52. The van der Waals surface area contributed by atoms with Crippen LogP contribution in [0.1, 0.15) is 32.0 Å². The van der Waals surface area contributed by atoms with E-state index in [-0.39, 0.29) is 0 Å². The third kappa shape index (κ3) is 2.04. The molecular weight excluding hydrogens is 152 g/mol. The minimum atomic E-state index is 0.447. The summed E-state index contributed by atoms with van der Waals surface area (Å²) in [6.45, 7) is 5.07. The van der Waals surface area contributed by atoms with Gasteiger partial charge in [-0.2, -0.15) is 0 Å². The summed E-state index contributed by atoms with van der Waals surface area (Å²) in [6.07, 6.45) is 3.08. The van der Waals surface area contributed by atoms with Crippen LogP contribution in [-0.2, 0) is 6.54 Å². The molecule has 4 heteroatoms. The van der Waals surface area contributed by atoms with Gasteiger partial charge >= 0.3 is 0 Å². The maximum Gasteiger partial charge on any atom is 0.0964 e. The van der Waals surface area contributed by atoms with Gasteiger partial charge in [-0.3, -0.25) is 0 Å². The van der Waals surface area contributed by atoms with Crippen LogP contribution in [0, 0.1) is 0 Å². The van der Waals surface area contributed by atoms with E-state index in [0.717, 1.165) is 18.7 Å². The Morgan fingerprint density at radius 1 is 1.67 bits per heavy atom. The van der Waals surface area contributed by atoms with Gasteiger partial charge in [0, 0.05) is 6.54 Å². The van der Waals surface area contributed by atoms with E-state index in [2.05, 4.69) is 29.5 Å². The predicted molar refractivity (Wildman–Crippen MR) is 47.8 cm³/mol. The highest BCUT2D eigenvalue weighted by molar-refractivity contribution is 4.91. The van der Waals surface area contributed by atoms with Crippen LogP contribution < -0.4 is 5.32 Å². The molecule has 4 nitrogen and oxygen atoms in total. The zero-order valence-corrected chi connectivity index (χ0v) is 7.91. The molecule has 0 bridgehead atoms. The summed E-state index contributed by atoms with van der Waals surface area (Å²) in [7, 11) is 1.91. The van der Waals surface area contributed by atoms with E-state index in [1.807, 2.05) is 17.9 Å². The fourth-order valence-corrected chi connectivity index (χ4v) is 0.978. The molecule has 1 rings (SSSR count). The molecule has 1 aromatic heterocycles. The maximum atomic E-state index is 4.03. The van der Waals surface area contributed by atoms with Crippen molar-refractivity contribution in [1.82, 2.24) is 20.3 Å². The van der Waals surface area contributed by atoms with E-state index in [0.29, 0.717) is 6.04 Å². The minimum absolute atomic E-state index is 0.447. The van der Waals surface area contributed by atoms with Crippen LogP contribution in [0.2, 0.25) is 0 Å². The molecule has 1 unspecified atom stereocenters. The van der Waals surface area contributed by atoms with Gasteiger partial charge in [0.15, 0.2) is 0 Å². The highest BCUT2D eigenvalue weighted by Crippen LogP contribution is 2.07. The van der Waals surface area contributed by atoms with E-state index in [1.54, 1.807) is 0 Å². The molecule has 1 N–H and O–H groups in total. The van der Waals surface area contributed by atoms with Crippen molar-refractivity contribution in [1.29, 1.82) is 0 Å². The van der Waals surface area contributed by atoms with Gasteiger partial charge < -0.3 is 5.32 Å². The Morgan fingerprint density at radius 3 is 3.00 bits per heavy atom. The van der Waals surface area contributed by atoms with Crippen LogP contribution >= 0.6 is 0 Å². The summed E-state index contributed by atoms with van der Waals surface area (Å²) in [5, 5.41) is 11.1. The number of aromatic nitrogens is 3. The summed E-state index contributed by atoms with van der Waals surface area (Å²) in [4.78, 5) is 0. The van der Waals surface area contributed by atoms with Gasteiger partial charge in [-0.25, -0.2) is 4.68 Å². The fraction of sp³-hybridized carbons (Fsp3) is 0.750. The van der Waals surface area contributed by atoms with Crippen LogP contribution in [0.15, 0.2) is 6.20 Å². The number of hydrogen-bond acceptors (Lipinski definition) is 3. The average molecular weight is 168 g/mol. The third-order valence-corrected chi connectivity index (χ3v) is 1.96. The molecule has 0 amide bonds. The normalized spacial score (nSPS) is 13.2. The van der Waals surface area contributed by atoms with Crippen LogP contribution in [-0.4, -0.2) is 22.0 Å². The summed E-state index contributed by atoms with van der Waals surface area (Å²) in [6, 6.07) is 0.447. The van der Waals surface area contributed by atoms with Gasteiger partial charge in [0.1, 0.15) is 0 Å². The Morgan fingerprint density at radius 2 is 2.42 bits per heavy atom. The number of rotatable bonds is 4. The molecule has 1 atom stereocenters. The molecule has 0 fully saturated rings. The zero-order valence-electron chi connectivity index (χ0n) is 7.91. The Hall–Kier alpha value is -0.900. The van der Waals surface area contributed by atoms with E-state index < -0.39 is 0 Å². The Labute approximate surface area is 73.0 Å². The Bertz CT molecular complexity index is 231. The second-order valence-electron chi connectivity index (χ2n) is 2.98. The SMILES string of the molecule is CCC(C)n1cc(CNC)nn1. The van der Waals surface area contributed by atoms with Crippen molar-refractivity contribution in [2.45, 2.75) is 32.9 Å². The van der Waals surface area contributed by atoms with Crippen molar-refractivity contribution in [3.05, 3.63) is 11.9 Å². The van der Waals surface area contributed by atoms with Crippen LogP contribution in [0.4, 0.5) is 0 Å². The first-order valence-electron chi connectivity index (χ1n) is 4.33. The molecule has 0 aliphatic rings. The van der Waals surface area contributed by atoms with Crippen LogP contribution in [0.5, 0.6) is 0 Å². The fourth-order valence-electron chi connectivity index (χ4n) is 0.978. The molecule has 0 saturated carbocycles. The summed E-state index contributed by atoms with van der Waals surface area (Å²) in [5.74, 6) is 0. The van der Waals surface area contributed by atoms with Gasteiger partial charge in [0.25, 0.3) is 0 Å². The Balaban J connectivity index is 2.63. The van der Waals surface area contributed by atoms with Crippen molar-refractivity contribution in [2.75, 3.05) is 7.05 Å². The van der Waals surface area contributed by atoms with Crippen LogP contribution in [0.3, 0.4) is 0 Å². The minimum Gasteiger partial charge on any atom is -0.314 e. The molecule has 1 aromatic rings. The maximum absolute atomic E-state index is 4.03. The monoisotopic (exact) mass is 168 g/mol. The molecule has 0 saturated heterocycles. The summed E-state index contributed by atoms with van der Waals surface area (Å²) in [5.41, 5.74) is 0.998. The standard InChI is InChI=1S/C8H16N4/c1-4-7(2)12-6-8(5-9-3)10-11-12/h6-7,9H,4-5H2,1-3H3. The highest BCUT2D eigenvalue weighted by atomic mass is 15.4. The first-order chi connectivity index (χ1) is 5.77. The molecule has 0 aliphatic heterocycles. The first kappa shape index (κ1) is 9.19. The van der Waals surface area contributed by atoms with E-state index in [9.17, 15) is 0 Å². The topological polar surface area (TPSA) is 42.7 Å². The lowest BCUT2D eigenvalue weighted by atomic mass is 10.3. The van der Waals surface area contributed by atoms with Crippen molar-refractivity contribution in [2.24, 2.45) is 0 Å². The summed E-state index contributed by atoms with van der Waals surface area (Å²) < 4.78 is 1.91. The predicted octanol–water partition coefficient (Wildman–Crippen LogP) is 0.968. The lowest BCUT2D eigenvalue weighted by Crippen LogP contribution is -2.05. The molecule has 1 heterocycles. The number of hydrogen-bond donors (Lipinski definition) is 1. The van der Waals surface area contributed by atoms with E-state index in [1.165, 1.54) is 0 Å². The molecule has 0 spiro atoms. The largest absolute Gasteiger partial charge is 0.314 e. The lowest BCUT2D eigenvalue weighted by molar-refractivity contribution is 0.464. The third-order valence-electron chi connectivity index (χ3n) is 1.96. The van der Waals surface area contributed by atoms with Gasteiger partial charge in [0.2, 0.25) is 0 Å². The Kier molecular flexibility index (Phi) is 3.22. The van der Waals surface area contributed by atoms with Crippen molar-refractivity contribution in [3.8, 4) is 0 Å². The molecule has 0 radical (unpaired) electrons. The summed E-state index contributed by atoms with van der Waals surface area (Å²) >= 11 is 0. The number of nitrogens with zero attached hydrogens (tertiary/aromatic N) is 3. The van der Waals surface area contributed by atoms with Gasteiger partial charge in [0.05, 0.1) is 17.9 Å². The molecule has 0 aromatic carbocycles. The molecule has 68 valence electrons.